The van der Waals surface area contributed by atoms with Gasteiger partial charge in [-0.3, -0.25) is 15.0 Å². The van der Waals surface area contributed by atoms with E-state index in [0.29, 0.717) is 0 Å². The molecule has 1 atom stereocenters. The maximum atomic E-state index is 10.5. The van der Waals surface area contributed by atoms with Gasteiger partial charge in [0.05, 0.1) is 6.54 Å². The van der Waals surface area contributed by atoms with Crippen molar-refractivity contribution in [1.29, 1.82) is 0 Å². The van der Waals surface area contributed by atoms with E-state index in [2.05, 4.69) is 10.9 Å². The van der Waals surface area contributed by atoms with Gasteiger partial charge in [0.2, 0.25) is 5.91 Å². The Balaban J connectivity index is 3.37. The molecule has 4 N–H and O–H groups in total. The van der Waals surface area contributed by atoms with Crippen LogP contribution in [0.25, 0.3) is 0 Å². The molecule has 1 radical (unpaired) electrons. The fourth-order valence-electron chi connectivity index (χ4n) is 0.641. The van der Waals surface area contributed by atoms with E-state index < -0.39 is 0 Å². The first-order valence-corrected chi connectivity index (χ1v) is 3.63. The molecule has 0 heterocycles. The monoisotopic (exact) mass is 172 g/mol. The van der Waals surface area contributed by atoms with Crippen molar-refractivity contribution in [3.05, 3.63) is 6.54 Å². The number of Topliss-reactive ketones (excluding diaryl/α,β-unsaturated/α-hetero) is 1. The molecule has 0 aliphatic carbocycles. The van der Waals surface area contributed by atoms with Crippen LogP contribution in [0.3, 0.4) is 0 Å². The van der Waals surface area contributed by atoms with E-state index >= 15 is 0 Å². The van der Waals surface area contributed by atoms with E-state index in [0.717, 1.165) is 0 Å². The minimum Gasteiger partial charge on any atom is -0.326 e. The van der Waals surface area contributed by atoms with E-state index in [1.54, 1.807) is 0 Å². The van der Waals surface area contributed by atoms with E-state index in [9.17, 15) is 9.59 Å². The van der Waals surface area contributed by atoms with Crippen LogP contribution in [0.2, 0.25) is 0 Å². The molecular formula is C7H14N3O2. The molecule has 0 spiro atoms. The number of hydrogen-bond donors (Lipinski definition) is 3. The highest BCUT2D eigenvalue weighted by atomic mass is 16.2. The van der Waals surface area contributed by atoms with Crippen LogP contribution in [-0.4, -0.2) is 17.7 Å². The Morgan fingerprint density at radius 1 is 1.50 bits per heavy atom. The standard InChI is InChI=1S/C7H14N3O2/c1-5(11)3-7(8)4-9-10-6(2)12/h4,7,9H,3,8H2,1-2H3,(H,10,12). The lowest BCUT2D eigenvalue weighted by atomic mass is 10.2. The van der Waals surface area contributed by atoms with Crippen molar-refractivity contribution in [1.82, 2.24) is 10.9 Å². The number of nitrogens with two attached hydrogens (primary N) is 1. The Labute approximate surface area is 71.7 Å². The van der Waals surface area contributed by atoms with Crippen molar-refractivity contribution in [3.63, 3.8) is 0 Å². The SMILES string of the molecule is CC(=O)CC(N)[CH]NNC(C)=O. The van der Waals surface area contributed by atoms with Gasteiger partial charge in [0.15, 0.2) is 0 Å². The van der Waals surface area contributed by atoms with Crippen LogP contribution in [-0.2, 0) is 9.59 Å². The maximum absolute atomic E-state index is 10.5. The van der Waals surface area contributed by atoms with Crippen molar-refractivity contribution in [3.8, 4) is 0 Å². The first-order valence-electron chi connectivity index (χ1n) is 3.63. The summed E-state index contributed by atoms with van der Waals surface area (Å²) < 4.78 is 0. The molecule has 0 saturated heterocycles. The lowest BCUT2D eigenvalue weighted by Crippen LogP contribution is -2.40. The van der Waals surface area contributed by atoms with Gasteiger partial charge in [-0.05, 0) is 6.92 Å². The lowest BCUT2D eigenvalue weighted by molar-refractivity contribution is -0.119. The van der Waals surface area contributed by atoms with Crippen LogP contribution < -0.4 is 16.6 Å². The van der Waals surface area contributed by atoms with Gasteiger partial charge in [0, 0.05) is 19.4 Å². The zero-order chi connectivity index (χ0) is 9.56. The quantitative estimate of drug-likeness (QED) is 0.469. The first-order chi connectivity index (χ1) is 5.52. The maximum Gasteiger partial charge on any atom is 0.230 e. The highest BCUT2D eigenvalue weighted by Gasteiger charge is 2.05. The third-order valence-electron chi connectivity index (χ3n) is 1.07. The predicted molar refractivity (Wildman–Crippen MR) is 44.5 cm³/mol. The molecule has 0 aromatic carbocycles. The molecule has 0 aliphatic heterocycles. The molecular weight excluding hydrogens is 158 g/mol. The summed E-state index contributed by atoms with van der Waals surface area (Å²) in [5.74, 6) is -0.190. The summed E-state index contributed by atoms with van der Waals surface area (Å²) in [5.41, 5.74) is 10.3. The number of carbonyl (C=O) groups is 2. The fourth-order valence-corrected chi connectivity index (χ4v) is 0.641. The highest BCUT2D eigenvalue weighted by molar-refractivity contribution is 5.76. The van der Waals surface area contributed by atoms with Gasteiger partial charge in [-0.25, -0.2) is 5.43 Å². The van der Waals surface area contributed by atoms with Gasteiger partial charge in [0.25, 0.3) is 0 Å². The number of amides is 1. The van der Waals surface area contributed by atoms with Crippen LogP contribution in [0.4, 0.5) is 0 Å². The normalized spacial score (nSPS) is 12.2. The summed E-state index contributed by atoms with van der Waals surface area (Å²) in [6.45, 7) is 4.30. The van der Waals surface area contributed by atoms with Crippen molar-refractivity contribution < 1.29 is 9.59 Å². The van der Waals surface area contributed by atoms with E-state index in [1.165, 1.54) is 20.4 Å². The fraction of sp³-hybridized carbons (Fsp3) is 0.571. The van der Waals surface area contributed by atoms with Crippen molar-refractivity contribution in [2.75, 3.05) is 0 Å². The number of hydrazine groups is 1. The van der Waals surface area contributed by atoms with Crippen molar-refractivity contribution in [2.45, 2.75) is 26.3 Å². The topological polar surface area (TPSA) is 84.2 Å². The van der Waals surface area contributed by atoms with Gasteiger partial charge in [-0.2, -0.15) is 0 Å². The smallest absolute Gasteiger partial charge is 0.230 e. The van der Waals surface area contributed by atoms with Gasteiger partial charge in [-0.15, -0.1) is 0 Å². The Morgan fingerprint density at radius 3 is 2.50 bits per heavy atom. The lowest BCUT2D eigenvalue weighted by Gasteiger charge is -2.09. The highest BCUT2D eigenvalue weighted by Crippen LogP contribution is 1.89. The predicted octanol–water partition coefficient (Wildman–Crippen LogP) is -0.905. The zero-order valence-corrected chi connectivity index (χ0v) is 7.26. The number of nitrogens with one attached hydrogen (secondary N) is 2. The Kier molecular flexibility index (Phi) is 5.23. The summed E-state index contributed by atoms with van der Waals surface area (Å²) in [4.78, 5) is 20.9. The second kappa shape index (κ2) is 5.68. The molecule has 0 bridgehead atoms. The van der Waals surface area contributed by atoms with Crippen LogP contribution >= 0.6 is 0 Å². The molecule has 1 unspecified atom stereocenters. The largest absolute Gasteiger partial charge is 0.326 e. The van der Waals surface area contributed by atoms with Crippen molar-refractivity contribution >= 4 is 11.7 Å². The summed E-state index contributed by atoms with van der Waals surface area (Å²) >= 11 is 0. The van der Waals surface area contributed by atoms with Gasteiger partial charge >= 0.3 is 0 Å². The number of rotatable bonds is 5. The molecule has 0 aromatic heterocycles. The molecule has 0 fully saturated rings. The summed E-state index contributed by atoms with van der Waals surface area (Å²) in [6, 6.07) is -0.366. The third kappa shape index (κ3) is 7.17. The first kappa shape index (κ1) is 11.1. The zero-order valence-electron chi connectivity index (χ0n) is 7.26. The third-order valence-corrected chi connectivity index (χ3v) is 1.07. The van der Waals surface area contributed by atoms with Gasteiger partial charge in [-0.1, -0.05) is 0 Å². The number of ketones is 1. The van der Waals surface area contributed by atoms with E-state index in [1.807, 2.05) is 0 Å². The molecule has 69 valence electrons. The molecule has 5 nitrogen and oxygen atoms in total. The summed E-state index contributed by atoms with van der Waals surface area (Å²) in [6.07, 6.45) is 0.270. The second-order valence-electron chi connectivity index (χ2n) is 2.56. The van der Waals surface area contributed by atoms with Crippen LogP contribution in [0.5, 0.6) is 0 Å². The molecule has 1 amide bonds. The Hall–Kier alpha value is -0.940. The minimum absolute atomic E-state index is 0.0170. The molecule has 0 aliphatic rings. The molecule has 0 rings (SSSR count). The van der Waals surface area contributed by atoms with E-state index in [4.69, 9.17) is 5.73 Å². The van der Waals surface area contributed by atoms with E-state index in [-0.39, 0.29) is 24.2 Å². The van der Waals surface area contributed by atoms with Gasteiger partial charge in [0.1, 0.15) is 5.78 Å². The van der Waals surface area contributed by atoms with Crippen molar-refractivity contribution in [2.24, 2.45) is 5.73 Å². The Bertz CT molecular complexity index is 170. The minimum atomic E-state index is -0.366. The molecule has 0 aromatic rings. The second-order valence-corrected chi connectivity index (χ2v) is 2.56. The van der Waals surface area contributed by atoms with Crippen LogP contribution in [0, 0.1) is 6.54 Å². The van der Waals surface area contributed by atoms with Gasteiger partial charge < -0.3 is 5.73 Å². The van der Waals surface area contributed by atoms with Crippen LogP contribution in [0.15, 0.2) is 0 Å². The Morgan fingerprint density at radius 2 is 2.08 bits per heavy atom. The summed E-state index contributed by atoms with van der Waals surface area (Å²) in [7, 11) is 0. The molecule has 5 heteroatoms. The molecule has 0 saturated carbocycles. The number of carbonyl (C=O) groups excluding carboxylic acids is 2. The average Bonchev–Trinajstić information content (AvgIpc) is 1.84. The number of hydrogen-bond acceptors (Lipinski definition) is 4. The average molecular weight is 172 g/mol. The molecule has 12 heavy (non-hydrogen) atoms. The summed E-state index contributed by atoms with van der Waals surface area (Å²) in [5, 5.41) is 0. The van der Waals surface area contributed by atoms with Crippen LogP contribution in [0.1, 0.15) is 20.3 Å².